The van der Waals surface area contributed by atoms with Crippen molar-refractivity contribution in [1.82, 2.24) is 9.88 Å². The van der Waals surface area contributed by atoms with Crippen LogP contribution in [0.5, 0.6) is 5.75 Å². The summed E-state index contributed by atoms with van der Waals surface area (Å²) in [6, 6.07) is 14.5. The van der Waals surface area contributed by atoms with Gasteiger partial charge in [0.05, 0.1) is 16.0 Å². The largest absolute Gasteiger partial charge is 0.434 e. The molecule has 1 atom stereocenters. The van der Waals surface area contributed by atoms with Crippen molar-refractivity contribution < 1.29 is 9.66 Å². The minimum absolute atomic E-state index is 0.0286. The maximum absolute atomic E-state index is 13.3. The van der Waals surface area contributed by atoms with Crippen LogP contribution in [0.25, 0.3) is 10.9 Å². The van der Waals surface area contributed by atoms with Crippen LogP contribution in [-0.2, 0) is 7.05 Å². The van der Waals surface area contributed by atoms with Gasteiger partial charge in [-0.15, -0.1) is 0 Å². The molecular formula is C20H16BrN3O4. The number of nitrogens with zero attached hydrogens (tertiary/aromatic N) is 2. The molecule has 1 aliphatic rings. The summed E-state index contributed by atoms with van der Waals surface area (Å²) in [6.07, 6.45) is 0. The number of fused-ring (bicyclic) bond motifs is 3. The third-order valence-corrected chi connectivity index (χ3v) is 5.39. The molecule has 1 aromatic heterocycles. The Kier molecular flexibility index (Phi) is 4.43. The Morgan fingerprint density at radius 2 is 1.96 bits per heavy atom. The highest BCUT2D eigenvalue weighted by Crippen LogP contribution is 2.44. The van der Waals surface area contributed by atoms with E-state index in [4.69, 9.17) is 4.74 Å². The van der Waals surface area contributed by atoms with E-state index < -0.39 is 10.8 Å². The van der Waals surface area contributed by atoms with Gasteiger partial charge < -0.3 is 14.6 Å². The van der Waals surface area contributed by atoms with Crippen molar-refractivity contribution >= 4 is 26.8 Å². The monoisotopic (exact) mass is 441 g/mol. The number of nitro groups is 1. The number of ether oxygens (including phenoxy) is 1. The molecule has 7 nitrogen and oxygen atoms in total. The molecular weight excluding hydrogens is 426 g/mol. The summed E-state index contributed by atoms with van der Waals surface area (Å²) in [7, 11) is 3.22. The third-order valence-electron chi connectivity index (χ3n) is 4.89. The molecule has 0 aliphatic carbocycles. The molecule has 2 aromatic carbocycles. The number of aryl methyl sites for hydroxylation is 1. The highest BCUT2D eigenvalue weighted by molar-refractivity contribution is 9.10. The number of halogens is 1. The molecule has 0 fully saturated rings. The average molecular weight is 442 g/mol. The van der Waals surface area contributed by atoms with Crippen LogP contribution in [0.4, 0.5) is 0 Å². The first-order valence-electron chi connectivity index (χ1n) is 8.55. The molecule has 0 bridgehead atoms. The lowest BCUT2D eigenvalue weighted by atomic mass is 9.86. The first kappa shape index (κ1) is 18.2. The van der Waals surface area contributed by atoms with E-state index in [-0.39, 0.29) is 22.7 Å². The second-order valence-corrected chi connectivity index (χ2v) is 7.35. The molecule has 4 rings (SSSR count). The molecule has 0 spiro atoms. The summed E-state index contributed by atoms with van der Waals surface area (Å²) < 4.78 is 8.16. The Labute approximate surface area is 168 Å². The lowest BCUT2D eigenvalue weighted by Crippen LogP contribution is -2.34. The van der Waals surface area contributed by atoms with Crippen LogP contribution in [0.3, 0.4) is 0 Å². The Bertz CT molecular complexity index is 1220. The van der Waals surface area contributed by atoms with E-state index in [9.17, 15) is 14.9 Å². The number of hydrogen-bond donors (Lipinski definition) is 1. The Hall–Kier alpha value is -3.13. The van der Waals surface area contributed by atoms with Gasteiger partial charge in [-0.25, -0.2) is 0 Å². The van der Waals surface area contributed by atoms with Crippen LogP contribution >= 0.6 is 15.9 Å². The van der Waals surface area contributed by atoms with Crippen molar-refractivity contribution in [1.29, 1.82) is 0 Å². The van der Waals surface area contributed by atoms with Gasteiger partial charge in [-0.05, 0) is 29.8 Å². The highest BCUT2D eigenvalue weighted by Gasteiger charge is 2.42. The number of rotatable bonds is 3. The molecule has 0 saturated carbocycles. The van der Waals surface area contributed by atoms with Crippen molar-refractivity contribution in [2.24, 2.45) is 7.05 Å². The average Bonchev–Trinajstić information content (AvgIpc) is 2.70. The fraction of sp³-hybridized carbons (Fsp3) is 0.150. The second-order valence-electron chi connectivity index (χ2n) is 6.44. The minimum atomic E-state index is -0.873. The summed E-state index contributed by atoms with van der Waals surface area (Å²) in [5, 5.41) is 15.5. The van der Waals surface area contributed by atoms with Crippen molar-refractivity contribution in [2.45, 2.75) is 5.92 Å². The molecule has 1 aliphatic heterocycles. The Morgan fingerprint density at radius 3 is 2.64 bits per heavy atom. The molecule has 142 valence electrons. The van der Waals surface area contributed by atoms with Gasteiger partial charge in [0.2, 0.25) is 0 Å². The zero-order chi connectivity index (χ0) is 20.0. The van der Waals surface area contributed by atoms with E-state index >= 15 is 0 Å². The number of nitrogens with one attached hydrogen (secondary N) is 1. The van der Waals surface area contributed by atoms with Crippen LogP contribution in [-0.4, -0.2) is 16.5 Å². The van der Waals surface area contributed by atoms with Gasteiger partial charge in [-0.1, -0.05) is 40.2 Å². The summed E-state index contributed by atoms with van der Waals surface area (Å²) in [5.41, 5.74) is 1.06. The SMILES string of the molecule is CNC1=C([N+](=O)[O-])C(c2cccc(Br)c2)c2c(c3ccccc3n(C)c2=O)O1. The topological polar surface area (TPSA) is 86.4 Å². The zero-order valence-electron chi connectivity index (χ0n) is 15.1. The predicted molar refractivity (Wildman–Crippen MR) is 109 cm³/mol. The van der Waals surface area contributed by atoms with E-state index in [0.29, 0.717) is 16.8 Å². The van der Waals surface area contributed by atoms with Gasteiger partial charge in [0.25, 0.3) is 11.4 Å². The molecule has 28 heavy (non-hydrogen) atoms. The number of para-hydroxylation sites is 1. The molecule has 2 heterocycles. The fourth-order valence-electron chi connectivity index (χ4n) is 3.66. The molecule has 8 heteroatoms. The summed E-state index contributed by atoms with van der Waals surface area (Å²) >= 11 is 3.41. The number of hydrogen-bond acceptors (Lipinski definition) is 5. The van der Waals surface area contributed by atoms with Crippen LogP contribution in [0.15, 0.2) is 69.4 Å². The third kappa shape index (κ3) is 2.68. The smallest absolute Gasteiger partial charge is 0.317 e. The Balaban J connectivity index is 2.16. The van der Waals surface area contributed by atoms with Crippen LogP contribution < -0.4 is 15.6 Å². The van der Waals surface area contributed by atoms with E-state index in [0.717, 1.165) is 9.86 Å². The van der Waals surface area contributed by atoms with Gasteiger partial charge in [0.1, 0.15) is 11.7 Å². The predicted octanol–water partition coefficient (Wildman–Crippen LogP) is 3.49. The van der Waals surface area contributed by atoms with Gasteiger partial charge in [0.15, 0.2) is 0 Å². The normalized spacial score (nSPS) is 15.9. The van der Waals surface area contributed by atoms with Crippen LogP contribution in [0.2, 0.25) is 0 Å². The number of allylic oxidation sites excluding steroid dienone is 1. The van der Waals surface area contributed by atoms with Crippen molar-refractivity contribution in [3.63, 3.8) is 0 Å². The number of benzene rings is 2. The van der Waals surface area contributed by atoms with Crippen molar-refractivity contribution in [2.75, 3.05) is 7.05 Å². The van der Waals surface area contributed by atoms with Crippen molar-refractivity contribution in [3.05, 3.63) is 96.2 Å². The van der Waals surface area contributed by atoms with Gasteiger partial charge in [-0.3, -0.25) is 14.9 Å². The lowest BCUT2D eigenvalue weighted by molar-refractivity contribution is -0.432. The zero-order valence-corrected chi connectivity index (χ0v) is 16.7. The summed E-state index contributed by atoms with van der Waals surface area (Å²) in [5.74, 6) is -0.499. The van der Waals surface area contributed by atoms with Crippen LogP contribution in [0.1, 0.15) is 17.0 Å². The van der Waals surface area contributed by atoms with Crippen molar-refractivity contribution in [3.8, 4) is 5.75 Å². The van der Waals surface area contributed by atoms with Gasteiger partial charge in [-0.2, -0.15) is 0 Å². The maximum atomic E-state index is 13.3. The summed E-state index contributed by atoms with van der Waals surface area (Å²) in [4.78, 5) is 24.7. The lowest BCUT2D eigenvalue weighted by Gasteiger charge is -2.27. The minimum Gasteiger partial charge on any atom is -0.434 e. The number of pyridine rings is 1. The second kappa shape index (κ2) is 6.79. The van der Waals surface area contributed by atoms with E-state index in [1.54, 1.807) is 32.3 Å². The molecule has 1 N–H and O–H groups in total. The standard InChI is InChI=1S/C20H16BrN3O4/c1-22-19-17(24(26)27)15(11-6-5-7-12(21)10-11)16-18(28-19)13-8-3-4-9-14(13)23(2)20(16)25/h3-10,15,22H,1-2H3. The quantitative estimate of drug-likeness (QED) is 0.496. The van der Waals surface area contributed by atoms with E-state index in [1.165, 1.54) is 4.57 Å². The Morgan fingerprint density at radius 1 is 1.21 bits per heavy atom. The first-order chi connectivity index (χ1) is 13.4. The first-order valence-corrected chi connectivity index (χ1v) is 9.34. The van der Waals surface area contributed by atoms with Gasteiger partial charge >= 0.3 is 5.70 Å². The highest BCUT2D eigenvalue weighted by atomic mass is 79.9. The molecule has 0 saturated heterocycles. The summed E-state index contributed by atoms with van der Waals surface area (Å²) in [6.45, 7) is 0. The van der Waals surface area contributed by atoms with E-state index in [2.05, 4.69) is 21.2 Å². The van der Waals surface area contributed by atoms with Gasteiger partial charge in [0, 0.05) is 24.0 Å². The molecule has 1 unspecified atom stereocenters. The van der Waals surface area contributed by atoms with E-state index in [1.807, 2.05) is 30.3 Å². The molecule has 0 radical (unpaired) electrons. The number of aromatic nitrogens is 1. The fourth-order valence-corrected chi connectivity index (χ4v) is 4.07. The molecule has 0 amide bonds. The van der Waals surface area contributed by atoms with Crippen LogP contribution in [0, 0.1) is 10.1 Å². The molecule has 3 aromatic rings. The maximum Gasteiger partial charge on any atom is 0.317 e.